The lowest BCUT2D eigenvalue weighted by molar-refractivity contribution is 0.309. The van der Waals surface area contributed by atoms with E-state index in [-0.39, 0.29) is 0 Å². The molecule has 0 heterocycles. The fourth-order valence-electron chi connectivity index (χ4n) is 2.47. The van der Waals surface area contributed by atoms with Crippen molar-refractivity contribution in [3.63, 3.8) is 0 Å². The summed E-state index contributed by atoms with van der Waals surface area (Å²) in [7, 11) is 0. The van der Waals surface area contributed by atoms with Crippen molar-refractivity contribution in [2.75, 3.05) is 6.61 Å². The van der Waals surface area contributed by atoms with Gasteiger partial charge < -0.3 is 10.1 Å². The molecular formula is C17H27NO. The van der Waals surface area contributed by atoms with Gasteiger partial charge in [-0.2, -0.15) is 0 Å². The van der Waals surface area contributed by atoms with Gasteiger partial charge in [0.25, 0.3) is 0 Å². The molecule has 0 radical (unpaired) electrons. The van der Waals surface area contributed by atoms with E-state index in [1.54, 1.807) is 0 Å². The highest BCUT2D eigenvalue weighted by atomic mass is 16.5. The highest BCUT2D eigenvalue weighted by Gasteiger charge is 2.35. The summed E-state index contributed by atoms with van der Waals surface area (Å²) in [5.74, 6) is 1.93. The second kappa shape index (κ2) is 7.54. The van der Waals surface area contributed by atoms with Crippen molar-refractivity contribution in [1.82, 2.24) is 5.32 Å². The molecule has 106 valence electrons. The van der Waals surface area contributed by atoms with Crippen molar-refractivity contribution < 1.29 is 4.74 Å². The van der Waals surface area contributed by atoms with Crippen molar-refractivity contribution in [3.8, 4) is 5.75 Å². The van der Waals surface area contributed by atoms with Crippen LogP contribution in [0.15, 0.2) is 24.3 Å². The van der Waals surface area contributed by atoms with Crippen LogP contribution in [0.3, 0.4) is 0 Å². The van der Waals surface area contributed by atoms with Crippen LogP contribution in [0.1, 0.15) is 51.5 Å². The number of hydrogen-bond donors (Lipinski definition) is 1. The van der Waals surface area contributed by atoms with Crippen LogP contribution in [0.5, 0.6) is 5.75 Å². The SMILES string of the molecule is CCCCOc1ccc(CNC2CC2CCC)cc1. The zero-order valence-corrected chi connectivity index (χ0v) is 12.3. The van der Waals surface area contributed by atoms with E-state index in [1.807, 2.05) is 0 Å². The first-order chi connectivity index (χ1) is 9.33. The van der Waals surface area contributed by atoms with E-state index < -0.39 is 0 Å². The first-order valence-electron chi connectivity index (χ1n) is 7.78. The number of ether oxygens (including phenoxy) is 1. The molecule has 0 aliphatic heterocycles. The Morgan fingerprint density at radius 2 is 1.95 bits per heavy atom. The molecule has 0 bridgehead atoms. The van der Waals surface area contributed by atoms with Crippen LogP contribution in [0.25, 0.3) is 0 Å². The topological polar surface area (TPSA) is 21.3 Å². The second-order valence-electron chi connectivity index (χ2n) is 5.62. The molecule has 1 N–H and O–H groups in total. The van der Waals surface area contributed by atoms with Gasteiger partial charge in [0.1, 0.15) is 5.75 Å². The molecule has 1 aromatic carbocycles. The Morgan fingerprint density at radius 3 is 2.63 bits per heavy atom. The Labute approximate surface area is 117 Å². The normalized spacial score (nSPS) is 21.4. The number of hydrogen-bond acceptors (Lipinski definition) is 2. The predicted molar refractivity (Wildman–Crippen MR) is 80.5 cm³/mol. The highest BCUT2D eigenvalue weighted by molar-refractivity contribution is 5.27. The molecule has 1 aromatic rings. The molecule has 1 aliphatic carbocycles. The fourth-order valence-corrected chi connectivity index (χ4v) is 2.47. The van der Waals surface area contributed by atoms with Gasteiger partial charge in [-0.1, -0.05) is 38.8 Å². The van der Waals surface area contributed by atoms with E-state index >= 15 is 0 Å². The smallest absolute Gasteiger partial charge is 0.119 e. The summed E-state index contributed by atoms with van der Waals surface area (Å²) in [5.41, 5.74) is 1.35. The summed E-state index contributed by atoms with van der Waals surface area (Å²) < 4.78 is 5.67. The van der Waals surface area contributed by atoms with E-state index in [0.717, 1.165) is 37.3 Å². The Balaban J connectivity index is 1.67. The molecule has 1 aliphatic rings. The fraction of sp³-hybridized carbons (Fsp3) is 0.647. The monoisotopic (exact) mass is 261 g/mol. The number of unbranched alkanes of at least 4 members (excludes halogenated alkanes) is 1. The van der Waals surface area contributed by atoms with Crippen LogP contribution < -0.4 is 10.1 Å². The minimum atomic E-state index is 0.764. The summed E-state index contributed by atoms with van der Waals surface area (Å²) in [6, 6.07) is 9.28. The van der Waals surface area contributed by atoms with E-state index in [4.69, 9.17) is 4.74 Å². The third kappa shape index (κ3) is 4.87. The number of nitrogens with one attached hydrogen (secondary N) is 1. The third-order valence-electron chi connectivity index (χ3n) is 3.84. The average molecular weight is 261 g/mol. The van der Waals surface area contributed by atoms with Crippen molar-refractivity contribution in [3.05, 3.63) is 29.8 Å². The van der Waals surface area contributed by atoms with Crippen LogP contribution in [-0.4, -0.2) is 12.6 Å². The molecule has 2 nitrogen and oxygen atoms in total. The summed E-state index contributed by atoms with van der Waals surface area (Å²) in [4.78, 5) is 0. The van der Waals surface area contributed by atoms with E-state index in [1.165, 1.54) is 31.2 Å². The third-order valence-corrected chi connectivity index (χ3v) is 3.84. The number of benzene rings is 1. The van der Waals surface area contributed by atoms with Crippen molar-refractivity contribution in [2.45, 2.75) is 58.5 Å². The molecule has 19 heavy (non-hydrogen) atoms. The second-order valence-corrected chi connectivity index (χ2v) is 5.62. The van der Waals surface area contributed by atoms with E-state index in [0.29, 0.717) is 0 Å². The van der Waals surface area contributed by atoms with Crippen LogP contribution in [0, 0.1) is 5.92 Å². The van der Waals surface area contributed by atoms with E-state index in [9.17, 15) is 0 Å². The summed E-state index contributed by atoms with van der Waals surface area (Å²) >= 11 is 0. The largest absolute Gasteiger partial charge is 0.494 e. The Morgan fingerprint density at radius 1 is 1.16 bits per heavy atom. The standard InChI is InChI=1S/C17H27NO/c1-3-5-11-19-16-9-7-14(8-10-16)13-18-17-12-15(17)6-4-2/h7-10,15,17-18H,3-6,11-13H2,1-2H3. The molecule has 0 amide bonds. The van der Waals surface area contributed by atoms with Gasteiger partial charge in [-0.15, -0.1) is 0 Å². The molecule has 0 aromatic heterocycles. The zero-order chi connectivity index (χ0) is 13.5. The van der Waals surface area contributed by atoms with Crippen molar-refractivity contribution >= 4 is 0 Å². The van der Waals surface area contributed by atoms with Gasteiger partial charge in [-0.05, 0) is 42.9 Å². The lowest BCUT2D eigenvalue weighted by Gasteiger charge is -2.07. The van der Waals surface area contributed by atoms with Crippen molar-refractivity contribution in [1.29, 1.82) is 0 Å². The van der Waals surface area contributed by atoms with Gasteiger partial charge in [0.05, 0.1) is 6.61 Å². The van der Waals surface area contributed by atoms with Crippen LogP contribution >= 0.6 is 0 Å². The zero-order valence-electron chi connectivity index (χ0n) is 12.3. The Kier molecular flexibility index (Phi) is 5.71. The minimum absolute atomic E-state index is 0.764. The van der Waals surface area contributed by atoms with Gasteiger partial charge in [-0.3, -0.25) is 0 Å². The predicted octanol–water partition coefficient (Wildman–Crippen LogP) is 4.14. The van der Waals surface area contributed by atoms with Crippen LogP contribution in [0.2, 0.25) is 0 Å². The van der Waals surface area contributed by atoms with Crippen molar-refractivity contribution in [2.24, 2.45) is 5.92 Å². The minimum Gasteiger partial charge on any atom is -0.494 e. The van der Waals surface area contributed by atoms with Crippen LogP contribution in [-0.2, 0) is 6.54 Å². The van der Waals surface area contributed by atoms with Gasteiger partial charge in [0.2, 0.25) is 0 Å². The summed E-state index contributed by atoms with van der Waals surface area (Å²) in [6.45, 7) is 6.27. The van der Waals surface area contributed by atoms with Gasteiger partial charge >= 0.3 is 0 Å². The molecule has 2 rings (SSSR count). The Hall–Kier alpha value is -1.02. The van der Waals surface area contributed by atoms with Gasteiger partial charge in [0, 0.05) is 12.6 Å². The summed E-state index contributed by atoms with van der Waals surface area (Å²) in [5, 5.41) is 3.64. The lowest BCUT2D eigenvalue weighted by Crippen LogP contribution is -2.17. The molecule has 1 saturated carbocycles. The number of rotatable bonds is 9. The maximum atomic E-state index is 5.67. The molecule has 2 atom stereocenters. The highest BCUT2D eigenvalue weighted by Crippen LogP contribution is 2.34. The van der Waals surface area contributed by atoms with E-state index in [2.05, 4.69) is 43.4 Å². The molecule has 1 fully saturated rings. The van der Waals surface area contributed by atoms with Gasteiger partial charge in [0.15, 0.2) is 0 Å². The lowest BCUT2D eigenvalue weighted by atomic mass is 10.2. The first-order valence-corrected chi connectivity index (χ1v) is 7.78. The summed E-state index contributed by atoms with van der Waals surface area (Å²) in [6.07, 6.45) is 6.37. The maximum Gasteiger partial charge on any atom is 0.119 e. The molecular weight excluding hydrogens is 234 g/mol. The Bertz CT molecular complexity index is 360. The van der Waals surface area contributed by atoms with Gasteiger partial charge in [-0.25, -0.2) is 0 Å². The first kappa shape index (κ1) is 14.4. The molecule has 0 saturated heterocycles. The van der Waals surface area contributed by atoms with Crippen LogP contribution in [0.4, 0.5) is 0 Å². The molecule has 2 heteroatoms. The molecule has 0 spiro atoms. The quantitative estimate of drug-likeness (QED) is 0.674. The molecule has 2 unspecified atom stereocenters. The average Bonchev–Trinajstić information content (AvgIpc) is 3.17. The maximum absolute atomic E-state index is 5.67.